The standard InChI is InChI=1S/C12H14BrNO2S/c13-10-5-9(12(15)16)1-2-11(10)14-6-8-3-4-17-7-8/h1-2,5,8,14H,3-4,6-7H2,(H,15,16). The van der Waals surface area contributed by atoms with E-state index in [1.54, 1.807) is 12.1 Å². The maximum atomic E-state index is 10.8. The van der Waals surface area contributed by atoms with Crippen LogP contribution in [0.4, 0.5) is 5.69 Å². The highest BCUT2D eigenvalue weighted by molar-refractivity contribution is 9.10. The molecule has 1 unspecified atom stereocenters. The molecule has 0 spiro atoms. The van der Waals surface area contributed by atoms with E-state index in [0.29, 0.717) is 5.56 Å². The van der Waals surface area contributed by atoms with Gasteiger partial charge in [-0.1, -0.05) is 0 Å². The molecule has 92 valence electrons. The van der Waals surface area contributed by atoms with Gasteiger partial charge in [-0.15, -0.1) is 0 Å². The zero-order chi connectivity index (χ0) is 12.3. The molecule has 2 N–H and O–H groups in total. The summed E-state index contributed by atoms with van der Waals surface area (Å²) in [6.07, 6.45) is 1.27. The summed E-state index contributed by atoms with van der Waals surface area (Å²) in [5.41, 5.74) is 1.27. The molecule has 0 amide bonds. The van der Waals surface area contributed by atoms with Gasteiger partial charge in [0.25, 0.3) is 0 Å². The predicted molar refractivity (Wildman–Crippen MR) is 75.0 cm³/mol. The Morgan fingerprint density at radius 3 is 3.00 bits per heavy atom. The SMILES string of the molecule is O=C(O)c1ccc(NCC2CCSC2)c(Br)c1. The Labute approximate surface area is 113 Å². The van der Waals surface area contributed by atoms with Crippen LogP contribution in [0.1, 0.15) is 16.8 Å². The van der Waals surface area contributed by atoms with E-state index in [1.165, 1.54) is 17.9 Å². The maximum absolute atomic E-state index is 10.8. The molecule has 17 heavy (non-hydrogen) atoms. The molecule has 1 fully saturated rings. The number of halogens is 1. The number of anilines is 1. The number of rotatable bonds is 4. The molecule has 0 saturated carbocycles. The third-order valence-corrected chi connectivity index (χ3v) is 4.71. The van der Waals surface area contributed by atoms with Crippen molar-refractivity contribution in [2.24, 2.45) is 5.92 Å². The lowest BCUT2D eigenvalue weighted by atomic mass is 10.1. The first-order chi connectivity index (χ1) is 8.16. The van der Waals surface area contributed by atoms with Crippen molar-refractivity contribution in [2.45, 2.75) is 6.42 Å². The summed E-state index contributed by atoms with van der Waals surface area (Å²) in [5.74, 6) is 2.30. The van der Waals surface area contributed by atoms with Crippen LogP contribution in [0, 0.1) is 5.92 Å². The Bertz CT molecular complexity index is 419. The first-order valence-corrected chi connectivity index (χ1v) is 7.46. The number of hydrogen-bond donors (Lipinski definition) is 2. The van der Waals surface area contributed by atoms with E-state index >= 15 is 0 Å². The highest BCUT2D eigenvalue weighted by atomic mass is 79.9. The molecule has 1 heterocycles. The van der Waals surface area contributed by atoms with Gasteiger partial charge in [-0.25, -0.2) is 4.79 Å². The van der Waals surface area contributed by atoms with Crippen LogP contribution in [0.2, 0.25) is 0 Å². The predicted octanol–water partition coefficient (Wildman–Crippen LogP) is 3.31. The molecule has 0 aromatic heterocycles. The van der Waals surface area contributed by atoms with Crippen molar-refractivity contribution >= 4 is 39.3 Å². The summed E-state index contributed by atoms with van der Waals surface area (Å²) in [5, 5.41) is 12.2. The minimum atomic E-state index is -0.899. The van der Waals surface area contributed by atoms with Crippen LogP contribution >= 0.6 is 27.7 Å². The van der Waals surface area contributed by atoms with Gasteiger partial charge in [0.2, 0.25) is 0 Å². The number of aromatic carboxylic acids is 1. The van der Waals surface area contributed by atoms with Crippen molar-refractivity contribution in [1.82, 2.24) is 0 Å². The molecule has 1 aromatic carbocycles. The van der Waals surface area contributed by atoms with Gasteiger partial charge in [-0.3, -0.25) is 0 Å². The van der Waals surface area contributed by atoms with Crippen molar-refractivity contribution in [1.29, 1.82) is 0 Å². The van der Waals surface area contributed by atoms with Gasteiger partial charge in [0.05, 0.1) is 5.56 Å². The Kier molecular flexibility index (Phi) is 4.34. The smallest absolute Gasteiger partial charge is 0.335 e. The highest BCUT2D eigenvalue weighted by Crippen LogP contribution is 2.27. The average molecular weight is 316 g/mol. The third kappa shape index (κ3) is 3.39. The molecule has 3 nitrogen and oxygen atoms in total. The molecule has 0 radical (unpaired) electrons. The van der Waals surface area contributed by atoms with Crippen LogP contribution in [-0.4, -0.2) is 29.1 Å². The van der Waals surface area contributed by atoms with Gasteiger partial charge < -0.3 is 10.4 Å². The zero-order valence-corrected chi connectivity index (χ0v) is 11.7. The normalized spacial score (nSPS) is 19.2. The molecular formula is C12H14BrNO2S. The summed E-state index contributed by atoms with van der Waals surface area (Å²) < 4.78 is 0.808. The number of carboxylic acid groups (broad SMARTS) is 1. The lowest BCUT2D eigenvalue weighted by Crippen LogP contribution is -2.13. The Morgan fingerprint density at radius 2 is 2.41 bits per heavy atom. The van der Waals surface area contributed by atoms with Gasteiger partial charge in [0, 0.05) is 16.7 Å². The fraction of sp³-hybridized carbons (Fsp3) is 0.417. The molecule has 1 aliphatic heterocycles. The molecule has 1 aliphatic rings. The van der Waals surface area contributed by atoms with Crippen molar-refractivity contribution in [3.63, 3.8) is 0 Å². The monoisotopic (exact) mass is 315 g/mol. The minimum Gasteiger partial charge on any atom is -0.478 e. The van der Waals surface area contributed by atoms with Gasteiger partial charge in [0.15, 0.2) is 0 Å². The molecule has 0 bridgehead atoms. The summed E-state index contributed by atoms with van der Waals surface area (Å²) in [6.45, 7) is 0.956. The first-order valence-electron chi connectivity index (χ1n) is 5.51. The summed E-state index contributed by atoms with van der Waals surface area (Å²) >= 11 is 5.39. The largest absolute Gasteiger partial charge is 0.478 e. The van der Waals surface area contributed by atoms with E-state index in [2.05, 4.69) is 21.2 Å². The number of benzene rings is 1. The van der Waals surface area contributed by atoms with Crippen LogP contribution in [-0.2, 0) is 0 Å². The second-order valence-corrected chi connectivity index (χ2v) is 6.11. The maximum Gasteiger partial charge on any atom is 0.335 e. The van der Waals surface area contributed by atoms with Crippen LogP contribution < -0.4 is 5.32 Å². The van der Waals surface area contributed by atoms with E-state index < -0.39 is 5.97 Å². The third-order valence-electron chi connectivity index (χ3n) is 2.82. The van der Waals surface area contributed by atoms with Gasteiger partial charge >= 0.3 is 5.97 Å². The van der Waals surface area contributed by atoms with Gasteiger partial charge in [-0.05, 0) is 58.0 Å². The molecule has 2 rings (SSSR count). The Balaban J connectivity index is 1.98. The molecular weight excluding hydrogens is 302 g/mol. The van der Waals surface area contributed by atoms with Crippen molar-refractivity contribution in [3.8, 4) is 0 Å². The fourth-order valence-electron chi connectivity index (χ4n) is 1.79. The van der Waals surface area contributed by atoms with Crippen LogP contribution in [0.5, 0.6) is 0 Å². The molecule has 1 aromatic rings. The van der Waals surface area contributed by atoms with Crippen molar-refractivity contribution < 1.29 is 9.90 Å². The second kappa shape index (κ2) is 5.78. The number of thioether (sulfide) groups is 1. The van der Waals surface area contributed by atoms with E-state index in [4.69, 9.17) is 5.11 Å². The summed E-state index contributed by atoms with van der Waals surface area (Å²) in [6, 6.07) is 5.07. The number of nitrogens with one attached hydrogen (secondary N) is 1. The second-order valence-electron chi connectivity index (χ2n) is 4.11. The van der Waals surface area contributed by atoms with Crippen molar-refractivity contribution in [2.75, 3.05) is 23.4 Å². The number of hydrogen-bond acceptors (Lipinski definition) is 3. The average Bonchev–Trinajstić information content (AvgIpc) is 2.80. The van der Waals surface area contributed by atoms with Crippen molar-refractivity contribution in [3.05, 3.63) is 28.2 Å². The van der Waals surface area contributed by atoms with Crippen LogP contribution in [0.15, 0.2) is 22.7 Å². The number of carboxylic acids is 1. The minimum absolute atomic E-state index is 0.304. The lowest BCUT2D eigenvalue weighted by Gasteiger charge is -2.13. The van der Waals surface area contributed by atoms with E-state index in [1.807, 2.05) is 17.8 Å². The first kappa shape index (κ1) is 12.8. The van der Waals surface area contributed by atoms with E-state index in [9.17, 15) is 4.79 Å². The van der Waals surface area contributed by atoms with Gasteiger partial charge in [0.1, 0.15) is 0 Å². The summed E-state index contributed by atoms with van der Waals surface area (Å²) in [7, 11) is 0. The number of carbonyl (C=O) groups is 1. The Morgan fingerprint density at radius 1 is 1.59 bits per heavy atom. The zero-order valence-electron chi connectivity index (χ0n) is 9.28. The van der Waals surface area contributed by atoms with Crippen LogP contribution in [0.3, 0.4) is 0 Å². The van der Waals surface area contributed by atoms with Gasteiger partial charge in [-0.2, -0.15) is 11.8 Å². The molecule has 5 heteroatoms. The quantitative estimate of drug-likeness (QED) is 0.895. The molecule has 1 saturated heterocycles. The Hall–Kier alpha value is -0.680. The summed E-state index contributed by atoms with van der Waals surface area (Å²) in [4.78, 5) is 10.8. The fourth-order valence-corrected chi connectivity index (χ4v) is 3.59. The van der Waals surface area contributed by atoms with Crippen LogP contribution in [0.25, 0.3) is 0 Å². The lowest BCUT2D eigenvalue weighted by molar-refractivity contribution is 0.0697. The van der Waals surface area contributed by atoms with E-state index in [-0.39, 0.29) is 0 Å². The van der Waals surface area contributed by atoms with E-state index in [0.717, 1.165) is 22.6 Å². The highest BCUT2D eigenvalue weighted by Gasteiger charge is 2.15. The molecule has 0 aliphatic carbocycles. The molecule has 1 atom stereocenters. The topological polar surface area (TPSA) is 49.3 Å².